The van der Waals surface area contributed by atoms with Gasteiger partial charge in [-0.25, -0.2) is 0 Å². The molecule has 1 aliphatic rings. The van der Waals surface area contributed by atoms with E-state index in [9.17, 15) is 4.79 Å². The van der Waals surface area contributed by atoms with Crippen LogP contribution in [0, 0.1) is 0 Å². The van der Waals surface area contributed by atoms with Gasteiger partial charge in [0.15, 0.2) is 0 Å². The molecule has 0 aromatic heterocycles. The Hall–Kier alpha value is -0.630. The molecule has 1 N–H and O–H groups in total. The van der Waals surface area contributed by atoms with E-state index in [1.807, 2.05) is 0 Å². The van der Waals surface area contributed by atoms with Gasteiger partial charge in [0.1, 0.15) is 5.78 Å². The highest BCUT2D eigenvalue weighted by atomic mass is 16.1. The van der Waals surface area contributed by atoms with Gasteiger partial charge in [-0.05, 0) is 12.8 Å². The Balaban J connectivity index is 2.26. The Morgan fingerprint density at radius 1 is 1.80 bits per heavy atom. The molecule has 0 saturated heterocycles. The largest absolute Gasteiger partial charge is 0.304 e. The van der Waals surface area contributed by atoms with Gasteiger partial charge in [0.05, 0.1) is 6.04 Å². The number of ketones is 1. The summed E-state index contributed by atoms with van der Waals surface area (Å²) in [5.74, 6) is 0.363. The molecule has 0 aliphatic heterocycles. The first-order valence-electron chi connectivity index (χ1n) is 3.71. The van der Waals surface area contributed by atoms with Gasteiger partial charge in [0.25, 0.3) is 0 Å². The highest BCUT2D eigenvalue weighted by Crippen LogP contribution is 2.13. The molecule has 2 heteroatoms. The molecule has 1 fully saturated rings. The number of hydrogen-bond acceptors (Lipinski definition) is 2. The topological polar surface area (TPSA) is 29.1 Å². The van der Waals surface area contributed by atoms with Crippen LogP contribution in [0.1, 0.15) is 19.3 Å². The van der Waals surface area contributed by atoms with Gasteiger partial charge in [0.2, 0.25) is 0 Å². The first-order valence-corrected chi connectivity index (χ1v) is 3.71. The molecule has 2 nitrogen and oxygen atoms in total. The smallest absolute Gasteiger partial charge is 0.149 e. The van der Waals surface area contributed by atoms with E-state index in [0.717, 1.165) is 25.8 Å². The maximum absolute atomic E-state index is 11.0. The van der Waals surface area contributed by atoms with Gasteiger partial charge < -0.3 is 5.32 Å². The van der Waals surface area contributed by atoms with Crippen LogP contribution in [0.5, 0.6) is 0 Å². The fourth-order valence-electron chi connectivity index (χ4n) is 1.26. The van der Waals surface area contributed by atoms with Gasteiger partial charge >= 0.3 is 0 Å². The lowest BCUT2D eigenvalue weighted by atomic mass is 10.2. The van der Waals surface area contributed by atoms with Crippen molar-refractivity contribution in [1.82, 2.24) is 5.32 Å². The Bertz CT molecular complexity index is 142. The standard InChI is InChI=1S/C8H13NO/c1-2-6-9-7-4-3-5-8(7)10/h2,7,9H,1,3-6H2. The maximum atomic E-state index is 11.0. The van der Waals surface area contributed by atoms with Crippen LogP contribution in [0.3, 0.4) is 0 Å². The van der Waals surface area contributed by atoms with Crippen LogP contribution in [-0.4, -0.2) is 18.4 Å². The minimum Gasteiger partial charge on any atom is -0.304 e. The van der Waals surface area contributed by atoms with E-state index >= 15 is 0 Å². The molecule has 0 bridgehead atoms. The minimum absolute atomic E-state index is 0.123. The maximum Gasteiger partial charge on any atom is 0.149 e. The summed E-state index contributed by atoms with van der Waals surface area (Å²) in [6, 6.07) is 0.123. The van der Waals surface area contributed by atoms with Crippen molar-refractivity contribution in [3.63, 3.8) is 0 Å². The number of nitrogens with one attached hydrogen (secondary N) is 1. The molecule has 1 unspecified atom stereocenters. The van der Waals surface area contributed by atoms with Crippen molar-refractivity contribution in [2.45, 2.75) is 25.3 Å². The van der Waals surface area contributed by atoms with Crippen molar-refractivity contribution < 1.29 is 4.79 Å². The predicted octanol–water partition coefficient (Wildman–Crippen LogP) is 0.884. The van der Waals surface area contributed by atoms with Crippen LogP contribution in [-0.2, 0) is 4.79 Å². The zero-order valence-electron chi connectivity index (χ0n) is 6.10. The molecule has 0 amide bonds. The lowest BCUT2D eigenvalue weighted by molar-refractivity contribution is -0.119. The predicted molar refractivity (Wildman–Crippen MR) is 40.8 cm³/mol. The summed E-state index contributed by atoms with van der Waals surface area (Å²) < 4.78 is 0. The first-order chi connectivity index (χ1) is 4.84. The molecule has 0 radical (unpaired) electrons. The van der Waals surface area contributed by atoms with Gasteiger partial charge in [-0.2, -0.15) is 0 Å². The van der Waals surface area contributed by atoms with E-state index in [1.165, 1.54) is 0 Å². The Morgan fingerprint density at radius 2 is 2.60 bits per heavy atom. The zero-order chi connectivity index (χ0) is 7.40. The van der Waals surface area contributed by atoms with Gasteiger partial charge in [-0.3, -0.25) is 4.79 Å². The van der Waals surface area contributed by atoms with E-state index in [4.69, 9.17) is 0 Å². The fraction of sp³-hybridized carbons (Fsp3) is 0.625. The summed E-state index contributed by atoms with van der Waals surface area (Å²) in [7, 11) is 0. The van der Waals surface area contributed by atoms with Crippen LogP contribution >= 0.6 is 0 Å². The van der Waals surface area contributed by atoms with Crippen LogP contribution in [0.2, 0.25) is 0 Å². The number of carbonyl (C=O) groups is 1. The first kappa shape index (κ1) is 7.48. The number of hydrogen-bond donors (Lipinski definition) is 1. The second-order valence-corrected chi connectivity index (χ2v) is 2.61. The van der Waals surface area contributed by atoms with Gasteiger partial charge in [-0.15, -0.1) is 6.58 Å². The molecular weight excluding hydrogens is 126 g/mol. The molecule has 0 heterocycles. The SMILES string of the molecule is C=CCNC1CCCC1=O. The Kier molecular flexibility index (Phi) is 2.63. The van der Waals surface area contributed by atoms with Crippen molar-refractivity contribution >= 4 is 5.78 Å². The normalized spacial score (nSPS) is 25.2. The van der Waals surface area contributed by atoms with E-state index in [1.54, 1.807) is 6.08 Å². The summed E-state index contributed by atoms with van der Waals surface area (Å²) in [5.41, 5.74) is 0. The fourth-order valence-corrected chi connectivity index (χ4v) is 1.26. The zero-order valence-corrected chi connectivity index (χ0v) is 6.10. The number of Topliss-reactive ketones (excluding diaryl/α,β-unsaturated/α-hetero) is 1. The molecule has 0 spiro atoms. The molecule has 1 rings (SSSR count). The molecule has 10 heavy (non-hydrogen) atoms. The van der Waals surface area contributed by atoms with Crippen molar-refractivity contribution in [2.24, 2.45) is 0 Å². The number of carbonyl (C=O) groups excluding carboxylic acids is 1. The van der Waals surface area contributed by atoms with Crippen molar-refractivity contribution in [3.8, 4) is 0 Å². The average Bonchev–Trinajstić information content (AvgIpc) is 2.31. The third-order valence-electron chi connectivity index (χ3n) is 1.81. The lowest BCUT2D eigenvalue weighted by Crippen LogP contribution is -2.32. The van der Waals surface area contributed by atoms with Crippen molar-refractivity contribution in [2.75, 3.05) is 6.54 Å². The molecular formula is C8H13NO. The molecule has 1 aliphatic carbocycles. The van der Waals surface area contributed by atoms with Crippen molar-refractivity contribution in [3.05, 3.63) is 12.7 Å². The highest BCUT2D eigenvalue weighted by Gasteiger charge is 2.22. The third kappa shape index (κ3) is 1.67. The molecule has 1 saturated carbocycles. The molecule has 0 aromatic rings. The monoisotopic (exact) mass is 139 g/mol. The average molecular weight is 139 g/mol. The number of rotatable bonds is 3. The van der Waals surface area contributed by atoms with Crippen LogP contribution in [0.15, 0.2) is 12.7 Å². The Morgan fingerprint density at radius 3 is 3.10 bits per heavy atom. The molecule has 56 valence electrons. The third-order valence-corrected chi connectivity index (χ3v) is 1.81. The summed E-state index contributed by atoms with van der Waals surface area (Å²) in [6.45, 7) is 4.32. The second-order valence-electron chi connectivity index (χ2n) is 2.61. The van der Waals surface area contributed by atoms with Crippen LogP contribution in [0.25, 0.3) is 0 Å². The van der Waals surface area contributed by atoms with E-state index in [-0.39, 0.29) is 6.04 Å². The van der Waals surface area contributed by atoms with Crippen LogP contribution in [0.4, 0.5) is 0 Å². The van der Waals surface area contributed by atoms with E-state index < -0.39 is 0 Å². The summed E-state index contributed by atoms with van der Waals surface area (Å²) in [6.07, 6.45) is 4.60. The highest BCUT2D eigenvalue weighted by molar-refractivity contribution is 5.85. The summed E-state index contributed by atoms with van der Waals surface area (Å²) in [5, 5.41) is 3.11. The van der Waals surface area contributed by atoms with E-state index in [2.05, 4.69) is 11.9 Å². The quantitative estimate of drug-likeness (QED) is 0.588. The summed E-state index contributed by atoms with van der Waals surface area (Å²) >= 11 is 0. The Labute approximate surface area is 61.3 Å². The van der Waals surface area contributed by atoms with Gasteiger partial charge in [0, 0.05) is 13.0 Å². The van der Waals surface area contributed by atoms with Crippen molar-refractivity contribution in [1.29, 1.82) is 0 Å². The molecule has 1 atom stereocenters. The molecule has 0 aromatic carbocycles. The van der Waals surface area contributed by atoms with E-state index in [0.29, 0.717) is 5.78 Å². The second kappa shape index (κ2) is 3.52. The summed E-state index contributed by atoms with van der Waals surface area (Å²) in [4.78, 5) is 11.0. The van der Waals surface area contributed by atoms with Crippen LogP contribution < -0.4 is 5.32 Å². The minimum atomic E-state index is 0.123. The van der Waals surface area contributed by atoms with Gasteiger partial charge in [-0.1, -0.05) is 6.08 Å². The lowest BCUT2D eigenvalue weighted by Gasteiger charge is -2.06.